The van der Waals surface area contributed by atoms with Gasteiger partial charge in [0.1, 0.15) is 6.61 Å². The second-order valence-electron chi connectivity index (χ2n) is 5.92. The van der Waals surface area contributed by atoms with Crippen LogP contribution in [0, 0.1) is 13.8 Å². The molecule has 0 aliphatic rings. The Labute approximate surface area is 149 Å². The van der Waals surface area contributed by atoms with E-state index in [2.05, 4.69) is 0 Å². The van der Waals surface area contributed by atoms with Crippen molar-refractivity contribution < 1.29 is 17.9 Å². The lowest BCUT2D eigenvalue weighted by molar-refractivity contribution is -0.139. The molecule has 0 amide bonds. The molecule has 0 spiro atoms. The Balaban J connectivity index is 2.05. The minimum Gasteiger partial charge on any atom is -0.458 e. The molecule has 0 saturated heterocycles. The van der Waals surface area contributed by atoms with Gasteiger partial charge in [0.15, 0.2) is 9.84 Å². The minimum absolute atomic E-state index is 0.108. The maximum Gasteiger partial charge on any atom is 0.331 e. The number of rotatable bonds is 6. The zero-order chi connectivity index (χ0) is 18.4. The molecule has 0 saturated carbocycles. The van der Waals surface area contributed by atoms with Crippen LogP contribution in [0.5, 0.6) is 0 Å². The highest BCUT2D eigenvalue weighted by Crippen LogP contribution is 2.27. The van der Waals surface area contributed by atoms with Gasteiger partial charge in [-0.25, -0.2) is 13.2 Å². The molecule has 2 aromatic rings. The summed E-state index contributed by atoms with van der Waals surface area (Å²) in [5.41, 5.74) is 3.56. The van der Waals surface area contributed by atoms with E-state index in [9.17, 15) is 13.2 Å². The van der Waals surface area contributed by atoms with Gasteiger partial charge < -0.3 is 4.74 Å². The average molecular weight is 358 g/mol. The van der Waals surface area contributed by atoms with E-state index in [1.54, 1.807) is 13.0 Å². The fraction of sp³-hybridized carbons (Fsp3) is 0.250. The summed E-state index contributed by atoms with van der Waals surface area (Å²) in [5, 5.41) is 0.206. The third-order valence-corrected chi connectivity index (χ3v) is 5.95. The van der Waals surface area contributed by atoms with Gasteiger partial charge in [0.25, 0.3) is 0 Å². The Morgan fingerprint density at radius 2 is 1.76 bits per heavy atom. The SMILES string of the molecule is Cc1cccc(C(C)S(=O)(=O)C=CC(=O)OCc2ccccc2)c1C. The lowest BCUT2D eigenvalue weighted by Crippen LogP contribution is -2.10. The number of hydrogen-bond acceptors (Lipinski definition) is 4. The Morgan fingerprint density at radius 3 is 2.44 bits per heavy atom. The summed E-state index contributed by atoms with van der Waals surface area (Å²) in [6, 6.07) is 14.8. The van der Waals surface area contributed by atoms with Crippen molar-refractivity contribution in [1.82, 2.24) is 0 Å². The highest BCUT2D eigenvalue weighted by Gasteiger charge is 2.22. The molecular weight excluding hydrogens is 336 g/mol. The number of carbonyl (C=O) groups excluding carboxylic acids is 1. The van der Waals surface area contributed by atoms with Crippen LogP contribution in [0.2, 0.25) is 0 Å². The van der Waals surface area contributed by atoms with Crippen molar-refractivity contribution in [3.8, 4) is 0 Å². The quantitative estimate of drug-likeness (QED) is 0.578. The molecule has 0 bridgehead atoms. The van der Waals surface area contributed by atoms with E-state index in [0.29, 0.717) is 0 Å². The summed E-state index contributed by atoms with van der Waals surface area (Å²) in [7, 11) is -3.61. The van der Waals surface area contributed by atoms with Gasteiger partial charge in [-0.1, -0.05) is 48.5 Å². The number of hydrogen-bond donors (Lipinski definition) is 0. The molecule has 2 rings (SSSR count). The molecule has 0 radical (unpaired) electrons. The fourth-order valence-corrected chi connectivity index (χ4v) is 3.58. The number of ether oxygens (including phenoxy) is 1. The van der Waals surface area contributed by atoms with Crippen LogP contribution in [0.1, 0.15) is 34.4 Å². The molecule has 1 atom stereocenters. The summed E-state index contributed by atoms with van der Waals surface area (Å²) in [5.74, 6) is -0.680. The first-order valence-electron chi connectivity index (χ1n) is 8.00. The zero-order valence-electron chi connectivity index (χ0n) is 14.6. The van der Waals surface area contributed by atoms with Crippen LogP contribution in [-0.4, -0.2) is 14.4 Å². The van der Waals surface area contributed by atoms with Gasteiger partial charge in [-0.15, -0.1) is 0 Å². The van der Waals surface area contributed by atoms with Crippen molar-refractivity contribution in [2.75, 3.05) is 0 Å². The number of esters is 1. The van der Waals surface area contributed by atoms with Crippen molar-refractivity contribution in [1.29, 1.82) is 0 Å². The third kappa shape index (κ3) is 5.03. The predicted molar refractivity (Wildman–Crippen MR) is 98.6 cm³/mol. The number of carbonyl (C=O) groups is 1. The molecule has 0 fully saturated rings. The Kier molecular flexibility index (Phi) is 6.15. The number of sulfone groups is 1. The maximum absolute atomic E-state index is 12.5. The number of aryl methyl sites for hydroxylation is 1. The lowest BCUT2D eigenvalue weighted by atomic mass is 10.0. The second-order valence-corrected chi connectivity index (χ2v) is 8.07. The molecule has 1 unspecified atom stereocenters. The van der Waals surface area contributed by atoms with Gasteiger partial charge >= 0.3 is 5.97 Å². The smallest absolute Gasteiger partial charge is 0.331 e. The molecule has 0 heterocycles. The van der Waals surface area contributed by atoms with E-state index in [-0.39, 0.29) is 6.61 Å². The van der Waals surface area contributed by atoms with Gasteiger partial charge in [-0.3, -0.25) is 0 Å². The van der Waals surface area contributed by atoms with Crippen molar-refractivity contribution in [2.24, 2.45) is 0 Å². The Hall–Kier alpha value is -2.40. The van der Waals surface area contributed by atoms with Crippen molar-refractivity contribution in [3.05, 3.63) is 82.3 Å². The van der Waals surface area contributed by atoms with Gasteiger partial charge in [0.05, 0.1) is 5.25 Å². The largest absolute Gasteiger partial charge is 0.458 e. The topological polar surface area (TPSA) is 60.4 Å². The fourth-order valence-electron chi connectivity index (χ4n) is 2.44. The van der Waals surface area contributed by atoms with Gasteiger partial charge in [0, 0.05) is 11.5 Å². The van der Waals surface area contributed by atoms with E-state index < -0.39 is 21.1 Å². The molecule has 2 aromatic carbocycles. The normalized spacial score (nSPS) is 12.9. The molecule has 0 aliphatic heterocycles. The molecule has 0 aliphatic carbocycles. The minimum atomic E-state index is -3.61. The van der Waals surface area contributed by atoms with Gasteiger partial charge in [-0.2, -0.15) is 0 Å². The first kappa shape index (κ1) is 18.9. The molecular formula is C20H22O4S. The van der Waals surface area contributed by atoms with Crippen LogP contribution in [-0.2, 0) is 26.0 Å². The maximum atomic E-state index is 12.5. The molecule has 4 nitrogen and oxygen atoms in total. The summed E-state index contributed by atoms with van der Waals surface area (Å²) in [4.78, 5) is 11.8. The van der Waals surface area contributed by atoms with Gasteiger partial charge in [-0.05, 0) is 43.0 Å². The van der Waals surface area contributed by atoms with Crippen molar-refractivity contribution in [3.63, 3.8) is 0 Å². The first-order valence-corrected chi connectivity index (χ1v) is 9.61. The second kappa shape index (κ2) is 8.12. The molecule has 0 N–H and O–H groups in total. The van der Waals surface area contributed by atoms with Gasteiger partial charge in [0.2, 0.25) is 0 Å². The molecule has 132 valence electrons. The zero-order valence-corrected chi connectivity index (χ0v) is 15.4. The van der Waals surface area contributed by atoms with E-state index in [1.165, 1.54) is 0 Å². The highest BCUT2D eigenvalue weighted by molar-refractivity contribution is 7.94. The van der Waals surface area contributed by atoms with Crippen molar-refractivity contribution in [2.45, 2.75) is 32.6 Å². The van der Waals surface area contributed by atoms with Crippen LogP contribution in [0.3, 0.4) is 0 Å². The van der Waals surface area contributed by atoms with Crippen LogP contribution in [0.25, 0.3) is 0 Å². The van der Waals surface area contributed by atoms with Crippen LogP contribution in [0.15, 0.2) is 60.0 Å². The summed E-state index contributed by atoms with van der Waals surface area (Å²) in [6.07, 6.45) is 0.972. The van der Waals surface area contributed by atoms with E-state index in [0.717, 1.165) is 33.7 Å². The lowest BCUT2D eigenvalue weighted by Gasteiger charge is -2.14. The molecule has 0 aromatic heterocycles. The Morgan fingerprint density at radius 1 is 1.08 bits per heavy atom. The molecule has 5 heteroatoms. The highest BCUT2D eigenvalue weighted by atomic mass is 32.2. The van der Waals surface area contributed by atoms with Crippen LogP contribution in [0.4, 0.5) is 0 Å². The average Bonchev–Trinajstić information content (AvgIpc) is 2.61. The standard InChI is InChI=1S/C20H22O4S/c1-15-8-7-11-19(16(15)2)17(3)25(22,23)13-12-20(21)24-14-18-9-5-4-6-10-18/h4-13,17H,14H2,1-3H3. The van der Waals surface area contributed by atoms with E-state index in [4.69, 9.17) is 4.74 Å². The predicted octanol–water partition coefficient (Wildman–Crippen LogP) is 4.04. The monoisotopic (exact) mass is 358 g/mol. The van der Waals surface area contributed by atoms with Crippen LogP contribution >= 0.6 is 0 Å². The summed E-state index contributed by atoms with van der Waals surface area (Å²) >= 11 is 0. The third-order valence-electron chi connectivity index (χ3n) is 4.20. The number of benzene rings is 2. The van der Waals surface area contributed by atoms with Crippen LogP contribution < -0.4 is 0 Å². The Bertz CT molecular complexity index is 868. The van der Waals surface area contributed by atoms with Crippen molar-refractivity contribution >= 4 is 15.8 Å². The van der Waals surface area contributed by atoms with E-state index in [1.807, 2.05) is 56.3 Å². The van der Waals surface area contributed by atoms with E-state index >= 15 is 0 Å². The first-order chi connectivity index (χ1) is 11.8. The summed E-state index contributed by atoms with van der Waals surface area (Å²) < 4.78 is 30.0. The molecule has 25 heavy (non-hydrogen) atoms. The summed E-state index contributed by atoms with van der Waals surface area (Å²) in [6.45, 7) is 5.57.